The molecular weight excluding hydrogens is 239 g/mol. The highest BCUT2D eigenvalue weighted by atomic mass is 19.1. The lowest BCUT2D eigenvalue weighted by Gasteiger charge is -2.20. The van der Waals surface area contributed by atoms with Crippen LogP contribution in [-0.4, -0.2) is 11.5 Å². The molecule has 1 aromatic heterocycles. The summed E-state index contributed by atoms with van der Waals surface area (Å²) in [6.07, 6.45) is 0. The number of hydrogen-bond acceptors (Lipinski definition) is 2. The maximum atomic E-state index is 13.4. The van der Waals surface area contributed by atoms with E-state index < -0.39 is 0 Å². The average molecular weight is 258 g/mol. The monoisotopic (exact) mass is 258 g/mol. The van der Waals surface area contributed by atoms with Crippen molar-refractivity contribution in [1.82, 2.24) is 10.3 Å². The van der Waals surface area contributed by atoms with Crippen molar-refractivity contribution in [2.75, 3.05) is 6.54 Å². The number of nitrogens with zero attached hydrogens (tertiary/aromatic N) is 1. The molecule has 1 heterocycles. The summed E-state index contributed by atoms with van der Waals surface area (Å²) in [7, 11) is 0. The fraction of sp³-hybridized carbons (Fsp3) is 0.312. The molecule has 2 nitrogen and oxygen atoms in total. The van der Waals surface area contributed by atoms with Gasteiger partial charge in [0.2, 0.25) is 0 Å². The van der Waals surface area contributed by atoms with Crippen molar-refractivity contribution in [2.45, 2.75) is 26.8 Å². The van der Waals surface area contributed by atoms with Crippen LogP contribution >= 0.6 is 0 Å². The molecule has 0 spiro atoms. The van der Waals surface area contributed by atoms with E-state index in [-0.39, 0.29) is 11.9 Å². The maximum Gasteiger partial charge on any atom is 0.123 e. The SMILES string of the molecule is CCNC(c1cccc(F)c1)c1cc(C)nc(C)c1. The number of pyridine rings is 1. The minimum absolute atomic E-state index is 0.00102. The fourth-order valence-electron chi connectivity index (χ4n) is 2.35. The molecule has 3 heteroatoms. The largest absolute Gasteiger partial charge is 0.307 e. The van der Waals surface area contributed by atoms with Crippen molar-refractivity contribution >= 4 is 0 Å². The molecule has 0 saturated carbocycles. The number of halogens is 1. The van der Waals surface area contributed by atoms with Gasteiger partial charge in [0.15, 0.2) is 0 Å². The first-order valence-electron chi connectivity index (χ1n) is 6.54. The molecule has 0 fully saturated rings. The Kier molecular flexibility index (Phi) is 4.27. The minimum atomic E-state index is -0.206. The molecule has 0 amide bonds. The van der Waals surface area contributed by atoms with Crippen molar-refractivity contribution in [2.24, 2.45) is 0 Å². The maximum absolute atomic E-state index is 13.4. The van der Waals surface area contributed by atoms with Gasteiger partial charge in [0.1, 0.15) is 5.82 Å². The first-order valence-corrected chi connectivity index (χ1v) is 6.54. The lowest BCUT2D eigenvalue weighted by Crippen LogP contribution is -2.22. The van der Waals surface area contributed by atoms with Gasteiger partial charge in [0.25, 0.3) is 0 Å². The summed E-state index contributed by atoms with van der Waals surface area (Å²) in [5.74, 6) is -0.206. The van der Waals surface area contributed by atoms with Gasteiger partial charge in [-0.3, -0.25) is 4.98 Å². The Morgan fingerprint density at radius 1 is 1.11 bits per heavy atom. The number of hydrogen-bond donors (Lipinski definition) is 1. The smallest absolute Gasteiger partial charge is 0.123 e. The predicted octanol–water partition coefficient (Wildman–Crippen LogP) is 3.54. The molecule has 19 heavy (non-hydrogen) atoms. The molecule has 0 aliphatic rings. The Balaban J connectivity index is 2.44. The summed E-state index contributed by atoms with van der Waals surface area (Å²) < 4.78 is 13.4. The van der Waals surface area contributed by atoms with Crippen LogP contribution in [0.15, 0.2) is 36.4 Å². The Labute approximate surface area is 113 Å². The first kappa shape index (κ1) is 13.7. The van der Waals surface area contributed by atoms with Crippen LogP contribution in [0.4, 0.5) is 4.39 Å². The lowest BCUT2D eigenvalue weighted by atomic mass is 9.98. The highest BCUT2D eigenvalue weighted by Crippen LogP contribution is 2.23. The number of nitrogens with one attached hydrogen (secondary N) is 1. The van der Waals surface area contributed by atoms with E-state index in [2.05, 4.69) is 10.3 Å². The van der Waals surface area contributed by atoms with Crippen LogP contribution in [0.5, 0.6) is 0 Å². The molecule has 2 aromatic rings. The molecule has 1 unspecified atom stereocenters. The lowest BCUT2D eigenvalue weighted by molar-refractivity contribution is 0.602. The molecule has 1 N–H and O–H groups in total. The van der Waals surface area contributed by atoms with E-state index in [9.17, 15) is 4.39 Å². The van der Waals surface area contributed by atoms with Gasteiger partial charge in [-0.2, -0.15) is 0 Å². The standard InChI is InChI=1S/C16H19FN2/c1-4-18-16(13-6-5-7-15(17)10-13)14-8-11(2)19-12(3)9-14/h5-10,16,18H,4H2,1-3H3. The predicted molar refractivity (Wildman–Crippen MR) is 75.6 cm³/mol. The van der Waals surface area contributed by atoms with Crippen LogP contribution in [0.2, 0.25) is 0 Å². The zero-order valence-electron chi connectivity index (χ0n) is 11.6. The second-order valence-corrected chi connectivity index (χ2v) is 4.73. The molecule has 0 bridgehead atoms. The van der Waals surface area contributed by atoms with Gasteiger partial charge in [-0.1, -0.05) is 19.1 Å². The topological polar surface area (TPSA) is 24.9 Å². The van der Waals surface area contributed by atoms with Crippen molar-refractivity contribution in [3.8, 4) is 0 Å². The summed E-state index contributed by atoms with van der Waals surface area (Å²) in [5.41, 5.74) is 4.02. The zero-order chi connectivity index (χ0) is 13.8. The van der Waals surface area contributed by atoms with Gasteiger partial charge in [-0.15, -0.1) is 0 Å². The van der Waals surface area contributed by atoms with Crippen LogP contribution in [0.1, 0.15) is 35.5 Å². The third-order valence-electron chi connectivity index (χ3n) is 3.03. The Bertz CT molecular complexity index is 546. The van der Waals surface area contributed by atoms with E-state index in [1.807, 2.05) is 39.0 Å². The van der Waals surface area contributed by atoms with Gasteiger partial charge in [0, 0.05) is 11.4 Å². The molecule has 1 aromatic carbocycles. The Morgan fingerprint density at radius 2 is 1.79 bits per heavy atom. The summed E-state index contributed by atoms with van der Waals surface area (Å²) in [6.45, 7) is 6.82. The van der Waals surface area contributed by atoms with Crippen molar-refractivity contribution in [3.63, 3.8) is 0 Å². The number of benzene rings is 1. The van der Waals surface area contributed by atoms with Crippen molar-refractivity contribution < 1.29 is 4.39 Å². The van der Waals surface area contributed by atoms with E-state index in [1.165, 1.54) is 6.07 Å². The van der Waals surface area contributed by atoms with Gasteiger partial charge in [0.05, 0.1) is 6.04 Å². The highest BCUT2D eigenvalue weighted by molar-refractivity contribution is 5.33. The van der Waals surface area contributed by atoms with E-state index in [1.54, 1.807) is 12.1 Å². The quantitative estimate of drug-likeness (QED) is 0.907. The van der Waals surface area contributed by atoms with Crippen molar-refractivity contribution in [1.29, 1.82) is 0 Å². The Hall–Kier alpha value is -1.74. The average Bonchev–Trinajstić information content (AvgIpc) is 2.34. The van der Waals surface area contributed by atoms with Crippen LogP contribution in [0.25, 0.3) is 0 Å². The second kappa shape index (κ2) is 5.93. The van der Waals surface area contributed by atoms with Gasteiger partial charge in [-0.25, -0.2) is 4.39 Å². The van der Waals surface area contributed by atoms with Crippen LogP contribution in [0.3, 0.4) is 0 Å². The fourth-order valence-corrected chi connectivity index (χ4v) is 2.35. The van der Waals surface area contributed by atoms with Crippen LogP contribution < -0.4 is 5.32 Å². The van der Waals surface area contributed by atoms with Gasteiger partial charge < -0.3 is 5.32 Å². The van der Waals surface area contributed by atoms with Gasteiger partial charge >= 0.3 is 0 Å². The van der Waals surface area contributed by atoms with E-state index in [0.29, 0.717) is 0 Å². The van der Waals surface area contributed by atoms with Gasteiger partial charge in [-0.05, 0) is 55.8 Å². The number of aryl methyl sites for hydroxylation is 2. The highest BCUT2D eigenvalue weighted by Gasteiger charge is 2.14. The Morgan fingerprint density at radius 3 is 2.37 bits per heavy atom. The summed E-state index contributed by atoms with van der Waals surface area (Å²) in [5, 5.41) is 3.40. The van der Waals surface area contributed by atoms with Crippen molar-refractivity contribution in [3.05, 3.63) is 64.7 Å². The third kappa shape index (κ3) is 3.38. The zero-order valence-corrected chi connectivity index (χ0v) is 11.6. The minimum Gasteiger partial charge on any atom is -0.307 e. The number of aromatic nitrogens is 1. The van der Waals surface area contributed by atoms with E-state index >= 15 is 0 Å². The molecule has 0 aliphatic heterocycles. The van der Waals surface area contributed by atoms with E-state index in [0.717, 1.165) is 29.1 Å². The normalized spacial score (nSPS) is 12.4. The first-order chi connectivity index (χ1) is 9.10. The second-order valence-electron chi connectivity index (χ2n) is 4.73. The van der Waals surface area contributed by atoms with Crippen LogP contribution in [0, 0.1) is 19.7 Å². The molecule has 0 aliphatic carbocycles. The molecule has 100 valence electrons. The molecule has 1 atom stereocenters. The summed E-state index contributed by atoms with van der Waals surface area (Å²) >= 11 is 0. The number of rotatable bonds is 4. The van der Waals surface area contributed by atoms with Crippen LogP contribution in [-0.2, 0) is 0 Å². The molecule has 0 radical (unpaired) electrons. The molecular formula is C16H19FN2. The summed E-state index contributed by atoms with van der Waals surface area (Å²) in [4.78, 5) is 4.39. The summed E-state index contributed by atoms with van der Waals surface area (Å²) in [6, 6.07) is 10.8. The van der Waals surface area contributed by atoms with E-state index in [4.69, 9.17) is 0 Å². The molecule has 2 rings (SSSR count). The molecule has 0 saturated heterocycles. The third-order valence-corrected chi connectivity index (χ3v) is 3.03.